The predicted octanol–water partition coefficient (Wildman–Crippen LogP) is 0.565. The Labute approximate surface area is 126 Å². The van der Waals surface area contributed by atoms with E-state index >= 15 is 0 Å². The highest BCUT2D eigenvalue weighted by molar-refractivity contribution is 5.80. The van der Waals surface area contributed by atoms with Crippen LogP contribution in [0, 0.1) is 5.92 Å². The Morgan fingerprint density at radius 3 is 2.24 bits per heavy atom. The number of aliphatic carboxylic acids is 1. The maximum absolute atomic E-state index is 11.9. The molecule has 122 valence electrons. The highest BCUT2D eigenvalue weighted by Crippen LogP contribution is 2.41. The number of nitrogens with one attached hydrogen (secondary N) is 1. The number of ether oxygens (including phenoxy) is 2. The second kappa shape index (κ2) is 7.05. The fourth-order valence-electron chi connectivity index (χ4n) is 3.32. The molecule has 0 aromatic heterocycles. The van der Waals surface area contributed by atoms with Gasteiger partial charge in [-0.05, 0) is 31.7 Å². The van der Waals surface area contributed by atoms with Crippen LogP contribution in [0.2, 0.25) is 0 Å². The van der Waals surface area contributed by atoms with Gasteiger partial charge in [0.15, 0.2) is 0 Å². The van der Waals surface area contributed by atoms with Gasteiger partial charge in [0.25, 0.3) is 0 Å². The maximum Gasteiger partial charge on any atom is 0.325 e. The summed E-state index contributed by atoms with van der Waals surface area (Å²) >= 11 is 0. The lowest BCUT2D eigenvalue weighted by atomic mass is 9.92. The maximum atomic E-state index is 11.9. The molecule has 2 aliphatic rings. The zero-order valence-corrected chi connectivity index (χ0v) is 13.3. The van der Waals surface area contributed by atoms with Gasteiger partial charge >= 0.3 is 5.97 Å². The van der Waals surface area contributed by atoms with Crippen molar-refractivity contribution in [3.63, 3.8) is 0 Å². The number of carboxylic acids is 1. The summed E-state index contributed by atoms with van der Waals surface area (Å²) in [6.07, 6.45) is 2.97. The van der Waals surface area contributed by atoms with Crippen LogP contribution in [0.1, 0.15) is 26.2 Å². The van der Waals surface area contributed by atoms with Crippen molar-refractivity contribution in [2.45, 2.75) is 43.9 Å². The van der Waals surface area contributed by atoms with E-state index in [2.05, 4.69) is 17.1 Å². The van der Waals surface area contributed by atoms with Gasteiger partial charge in [0, 0.05) is 33.9 Å². The summed E-state index contributed by atoms with van der Waals surface area (Å²) in [5, 5.41) is 13.1. The highest BCUT2D eigenvalue weighted by atomic mass is 16.5. The Hall–Kier alpha value is -0.690. The average molecular weight is 300 g/mol. The molecular weight excluding hydrogens is 272 g/mol. The molecule has 0 aromatic carbocycles. The first-order valence-electron chi connectivity index (χ1n) is 7.83. The molecule has 21 heavy (non-hydrogen) atoms. The molecule has 1 aliphatic carbocycles. The molecule has 6 nitrogen and oxygen atoms in total. The molecule has 2 N–H and O–H groups in total. The topological polar surface area (TPSA) is 71.0 Å². The number of hydrogen-bond acceptors (Lipinski definition) is 5. The molecule has 3 atom stereocenters. The number of rotatable bonds is 9. The first-order chi connectivity index (χ1) is 10.1. The van der Waals surface area contributed by atoms with Gasteiger partial charge in [-0.25, -0.2) is 0 Å². The van der Waals surface area contributed by atoms with E-state index in [9.17, 15) is 9.90 Å². The van der Waals surface area contributed by atoms with Gasteiger partial charge < -0.3 is 19.9 Å². The predicted molar refractivity (Wildman–Crippen MR) is 79.4 cm³/mol. The molecule has 2 rings (SSSR count). The van der Waals surface area contributed by atoms with Gasteiger partial charge in [-0.1, -0.05) is 6.92 Å². The average Bonchev–Trinajstić information content (AvgIpc) is 3.24. The summed E-state index contributed by atoms with van der Waals surface area (Å²) in [5.41, 5.74) is -0.822. The minimum absolute atomic E-state index is 0.0203. The number of hydrogen-bond donors (Lipinski definition) is 2. The van der Waals surface area contributed by atoms with E-state index in [-0.39, 0.29) is 18.1 Å². The molecular formula is C15H28N2O4. The third kappa shape index (κ3) is 3.56. The van der Waals surface area contributed by atoms with Crippen LogP contribution in [0.25, 0.3) is 0 Å². The molecule has 0 spiro atoms. The lowest BCUT2D eigenvalue weighted by molar-refractivity contribution is -0.147. The van der Waals surface area contributed by atoms with Crippen LogP contribution in [-0.4, -0.2) is 74.1 Å². The Morgan fingerprint density at radius 2 is 1.86 bits per heavy atom. The van der Waals surface area contributed by atoms with Crippen molar-refractivity contribution in [1.29, 1.82) is 0 Å². The van der Waals surface area contributed by atoms with Crippen molar-refractivity contribution in [1.82, 2.24) is 10.2 Å². The van der Waals surface area contributed by atoms with Crippen molar-refractivity contribution < 1.29 is 19.4 Å². The van der Waals surface area contributed by atoms with Crippen LogP contribution in [0.5, 0.6) is 0 Å². The van der Waals surface area contributed by atoms with E-state index in [4.69, 9.17) is 9.47 Å². The Bertz CT molecular complexity index is 350. The van der Waals surface area contributed by atoms with Crippen LogP contribution in [0.3, 0.4) is 0 Å². The van der Waals surface area contributed by atoms with Crippen LogP contribution < -0.4 is 5.32 Å². The Morgan fingerprint density at radius 1 is 1.29 bits per heavy atom. The van der Waals surface area contributed by atoms with Gasteiger partial charge in [0.05, 0.1) is 12.2 Å². The monoisotopic (exact) mass is 300 g/mol. The van der Waals surface area contributed by atoms with Crippen molar-refractivity contribution in [2.24, 2.45) is 5.92 Å². The third-order valence-corrected chi connectivity index (χ3v) is 4.72. The molecule has 6 heteroatoms. The Balaban J connectivity index is 2.06. The zero-order valence-electron chi connectivity index (χ0n) is 13.3. The van der Waals surface area contributed by atoms with Gasteiger partial charge in [0.2, 0.25) is 0 Å². The number of likely N-dealkylation sites (tertiary alicyclic amines) is 1. The largest absolute Gasteiger partial charge is 0.480 e. The van der Waals surface area contributed by atoms with E-state index in [0.717, 1.165) is 38.9 Å². The van der Waals surface area contributed by atoms with E-state index in [0.29, 0.717) is 6.54 Å². The molecule has 0 radical (unpaired) electrons. The third-order valence-electron chi connectivity index (χ3n) is 4.72. The van der Waals surface area contributed by atoms with E-state index < -0.39 is 11.5 Å². The number of carbonyl (C=O) groups is 1. The molecule has 2 fully saturated rings. The molecule has 1 heterocycles. The van der Waals surface area contributed by atoms with Gasteiger partial charge in [-0.2, -0.15) is 0 Å². The molecule has 0 amide bonds. The second-order valence-corrected chi connectivity index (χ2v) is 6.22. The highest BCUT2D eigenvalue weighted by Gasteiger charge is 2.52. The molecule has 0 aromatic rings. The van der Waals surface area contributed by atoms with Crippen molar-refractivity contribution in [2.75, 3.05) is 40.4 Å². The molecule has 0 bridgehead atoms. The number of methoxy groups -OCH3 is 2. The fourth-order valence-corrected chi connectivity index (χ4v) is 3.32. The summed E-state index contributed by atoms with van der Waals surface area (Å²) in [4.78, 5) is 14.1. The van der Waals surface area contributed by atoms with E-state index in [1.165, 1.54) is 0 Å². The summed E-state index contributed by atoms with van der Waals surface area (Å²) < 4.78 is 10.9. The normalized spacial score (nSPS) is 29.5. The standard InChI is InChI=1S/C15H28N2O4/c1-4-7-16-15(14(18)19,11-5-6-11)10-17-8-12(20-2)13(9-17)21-3/h11-13,16H,4-10H2,1-3H3,(H,18,19). The van der Waals surface area contributed by atoms with Crippen LogP contribution in [0.4, 0.5) is 0 Å². The first kappa shape index (κ1) is 16.7. The van der Waals surface area contributed by atoms with Gasteiger partial charge in [0.1, 0.15) is 5.54 Å². The molecule has 3 unspecified atom stereocenters. The quantitative estimate of drug-likeness (QED) is 0.648. The van der Waals surface area contributed by atoms with Crippen LogP contribution in [-0.2, 0) is 14.3 Å². The number of carboxylic acid groups (broad SMARTS) is 1. The minimum Gasteiger partial charge on any atom is -0.480 e. The fraction of sp³-hybridized carbons (Fsp3) is 0.933. The van der Waals surface area contributed by atoms with Crippen LogP contribution >= 0.6 is 0 Å². The smallest absolute Gasteiger partial charge is 0.325 e. The summed E-state index contributed by atoms with van der Waals surface area (Å²) in [6, 6.07) is 0. The van der Waals surface area contributed by atoms with Crippen molar-refractivity contribution in [3.05, 3.63) is 0 Å². The summed E-state index contributed by atoms with van der Waals surface area (Å²) in [7, 11) is 3.36. The molecule has 1 saturated carbocycles. The van der Waals surface area contributed by atoms with Crippen molar-refractivity contribution in [3.8, 4) is 0 Å². The first-order valence-corrected chi connectivity index (χ1v) is 7.83. The molecule has 1 aliphatic heterocycles. The summed E-state index contributed by atoms with van der Waals surface area (Å²) in [5.74, 6) is -0.488. The number of nitrogens with zero attached hydrogens (tertiary/aromatic N) is 1. The van der Waals surface area contributed by atoms with Gasteiger partial charge in [-0.3, -0.25) is 9.69 Å². The lowest BCUT2D eigenvalue weighted by Gasteiger charge is -2.34. The molecule has 1 saturated heterocycles. The van der Waals surface area contributed by atoms with E-state index in [1.54, 1.807) is 14.2 Å². The lowest BCUT2D eigenvalue weighted by Crippen LogP contribution is -2.60. The Kier molecular flexibility index (Phi) is 5.60. The zero-order chi connectivity index (χ0) is 15.5. The minimum atomic E-state index is -0.822. The SMILES string of the molecule is CCCNC(CN1CC(OC)C(OC)C1)(C(=O)O)C1CC1. The van der Waals surface area contributed by atoms with Crippen LogP contribution in [0.15, 0.2) is 0 Å². The van der Waals surface area contributed by atoms with E-state index in [1.807, 2.05) is 0 Å². The summed E-state index contributed by atoms with van der Waals surface area (Å²) in [6.45, 7) is 4.77. The van der Waals surface area contributed by atoms with Gasteiger partial charge in [-0.15, -0.1) is 0 Å². The second-order valence-electron chi connectivity index (χ2n) is 6.22. The van der Waals surface area contributed by atoms with Crippen molar-refractivity contribution >= 4 is 5.97 Å².